The standard InChI is InChI=1S/C22H19N3O3S2/c1-3-25-21(26)20(14-17-11-10-16-6-4-5-7-19(16)23-17)29-22(25)24-30(27,28)18-12-8-15(2)9-13-18/h4-14H,3H2,1-2H3/b20-14-,24-22?. The van der Waals surface area contributed by atoms with E-state index >= 15 is 0 Å². The van der Waals surface area contributed by atoms with Gasteiger partial charge in [0.1, 0.15) is 0 Å². The summed E-state index contributed by atoms with van der Waals surface area (Å²) in [6, 6.07) is 17.9. The topological polar surface area (TPSA) is 79.7 Å². The van der Waals surface area contributed by atoms with Crippen LogP contribution in [-0.4, -0.2) is 35.9 Å². The number of benzene rings is 2. The molecule has 3 aromatic rings. The summed E-state index contributed by atoms with van der Waals surface area (Å²) in [5.74, 6) is -0.282. The van der Waals surface area contributed by atoms with Gasteiger partial charge in [-0.05, 0) is 56.0 Å². The molecule has 1 aliphatic rings. The van der Waals surface area contributed by atoms with Crippen LogP contribution >= 0.6 is 11.8 Å². The highest BCUT2D eigenvalue weighted by molar-refractivity contribution is 8.19. The first kappa shape index (κ1) is 20.3. The molecule has 6 nitrogen and oxygen atoms in total. The fourth-order valence-corrected chi connectivity index (χ4v) is 5.25. The number of thioether (sulfide) groups is 1. The number of hydrogen-bond donors (Lipinski definition) is 0. The van der Waals surface area contributed by atoms with Crippen molar-refractivity contribution >= 4 is 49.8 Å². The Labute approximate surface area is 179 Å². The van der Waals surface area contributed by atoms with Crippen LogP contribution < -0.4 is 0 Å². The van der Waals surface area contributed by atoms with E-state index in [1.54, 1.807) is 25.1 Å². The van der Waals surface area contributed by atoms with Gasteiger partial charge in [-0.1, -0.05) is 42.0 Å². The van der Waals surface area contributed by atoms with Crippen LogP contribution in [-0.2, 0) is 14.8 Å². The monoisotopic (exact) mass is 437 g/mol. The molecule has 0 N–H and O–H groups in total. The van der Waals surface area contributed by atoms with Crippen LogP contribution in [0.2, 0.25) is 0 Å². The van der Waals surface area contributed by atoms with Crippen molar-refractivity contribution < 1.29 is 13.2 Å². The van der Waals surface area contributed by atoms with Crippen LogP contribution in [0.5, 0.6) is 0 Å². The number of aromatic nitrogens is 1. The number of pyridine rings is 1. The van der Waals surface area contributed by atoms with Crippen molar-refractivity contribution in [1.82, 2.24) is 9.88 Å². The number of rotatable bonds is 4. The first-order valence-electron chi connectivity index (χ1n) is 9.36. The number of carbonyl (C=O) groups is 1. The van der Waals surface area contributed by atoms with E-state index < -0.39 is 10.0 Å². The number of amidine groups is 1. The Balaban J connectivity index is 1.69. The first-order chi connectivity index (χ1) is 14.4. The van der Waals surface area contributed by atoms with E-state index in [4.69, 9.17) is 0 Å². The Morgan fingerprint density at radius 3 is 2.53 bits per heavy atom. The Hall–Kier alpha value is -2.97. The molecule has 4 rings (SSSR count). The van der Waals surface area contributed by atoms with Gasteiger partial charge in [0.2, 0.25) is 0 Å². The predicted octanol–water partition coefficient (Wildman–Crippen LogP) is 4.22. The maximum atomic E-state index is 12.8. The number of carbonyl (C=O) groups excluding carboxylic acids is 1. The quantitative estimate of drug-likeness (QED) is 0.571. The Morgan fingerprint density at radius 1 is 1.07 bits per heavy atom. The fraction of sp³-hybridized carbons (Fsp3) is 0.136. The van der Waals surface area contributed by atoms with Gasteiger partial charge in [0.25, 0.3) is 15.9 Å². The van der Waals surface area contributed by atoms with Crippen LogP contribution in [0.1, 0.15) is 18.2 Å². The molecule has 1 fully saturated rings. The molecule has 0 aliphatic carbocycles. The Kier molecular flexibility index (Phi) is 5.44. The number of nitrogens with zero attached hydrogens (tertiary/aromatic N) is 3. The molecule has 152 valence electrons. The molecule has 8 heteroatoms. The van der Waals surface area contributed by atoms with E-state index in [9.17, 15) is 13.2 Å². The van der Waals surface area contributed by atoms with Crippen molar-refractivity contribution in [2.24, 2.45) is 4.40 Å². The van der Waals surface area contributed by atoms with Crippen LogP contribution in [0.25, 0.3) is 17.0 Å². The lowest BCUT2D eigenvalue weighted by Crippen LogP contribution is -2.29. The van der Waals surface area contributed by atoms with Gasteiger partial charge < -0.3 is 0 Å². The van der Waals surface area contributed by atoms with Crippen molar-refractivity contribution in [2.75, 3.05) is 6.54 Å². The first-order valence-corrected chi connectivity index (χ1v) is 11.6. The largest absolute Gasteiger partial charge is 0.286 e. The van der Waals surface area contributed by atoms with E-state index in [0.29, 0.717) is 17.1 Å². The van der Waals surface area contributed by atoms with Gasteiger partial charge in [0, 0.05) is 11.9 Å². The Bertz CT molecular complexity index is 1300. The number of para-hydroxylation sites is 1. The zero-order chi connectivity index (χ0) is 21.3. The molecular weight excluding hydrogens is 418 g/mol. The van der Waals surface area contributed by atoms with E-state index in [1.807, 2.05) is 43.3 Å². The van der Waals surface area contributed by atoms with E-state index in [2.05, 4.69) is 9.38 Å². The van der Waals surface area contributed by atoms with Crippen LogP contribution in [0, 0.1) is 6.92 Å². The summed E-state index contributed by atoms with van der Waals surface area (Å²) in [7, 11) is -3.92. The molecule has 1 amide bonds. The number of hydrogen-bond acceptors (Lipinski definition) is 5. The minimum absolute atomic E-state index is 0.0957. The van der Waals surface area contributed by atoms with Crippen LogP contribution in [0.15, 0.2) is 74.9 Å². The maximum absolute atomic E-state index is 12.8. The number of amides is 1. The van der Waals surface area contributed by atoms with E-state index in [-0.39, 0.29) is 16.0 Å². The zero-order valence-electron chi connectivity index (χ0n) is 16.4. The molecule has 0 unspecified atom stereocenters. The summed E-state index contributed by atoms with van der Waals surface area (Å²) in [6.07, 6.45) is 1.67. The van der Waals surface area contributed by atoms with Gasteiger partial charge in [-0.2, -0.15) is 8.42 Å². The minimum Gasteiger partial charge on any atom is -0.286 e. The molecule has 30 heavy (non-hydrogen) atoms. The third-order valence-corrected chi connectivity index (χ3v) is 7.02. The van der Waals surface area contributed by atoms with Crippen molar-refractivity contribution in [3.8, 4) is 0 Å². The molecule has 0 radical (unpaired) electrons. The molecule has 0 spiro atoms. The average Bonchev–Trinajstić information content (AvgIpc) is 3.01. The van der Waals surface area contributed by atoms with Crippen molar-refractivity contribution in [1.29, 1.82) is 0 Å². The Morgan fingerprint density at radius 2 is 1.80 bits per heavy atom. The second kappa shape index (κ2) is 8.04. The minimum atomic E-state index is -3.92. The highest BCUT2D eigenvalue weighted by Gasteiger charge is 2.34. The number of fused-ring (bicyclic) bond motifs is 1. The molecule has 2 aromatic carbocycles. The number of likely N-dealkylation sites (N-methyl/N-ethyl adjacent to an activating group) is 1. The second-order valence-corrected chi connectivity index (χ2v) is 9.36. The highest BCUT2D eigenvalue weighted by Crippen LogP contribution is 2.33. The summed E-state index contributed by atoms with van der Waals surface area (Å²) in [5.41, 5.74) is 2.41. The van der Waals surface area contributed by atoms with Crippen molar-refractivity contribution in [3.05, 3.63) is 76.8 Å². The molecule has 1 aromatic heterocycles. The molecule has 2 heterocycles. The van der Waals surface area contributed by atoms with Crippen LogP contribution in [0.4, 0.5) is 0 Å². The number of aryl methyl sites for hydroxylation is 1. The predicted molar refractivity (Wildman–Crippen MR) is 120 cm³/mol. The van der Waals surface area contributed by atoms with E-state index in [0.717, 1.165) is 28.2 Å². The van der Waals surface area contributed by atoms with E-state index in [1.165, 1.54) is 17.0 Å². The summed E-state index contributed by atoms with van der Waals surface area (Å²) in [4.78, 5) is 19.2. The van der Waals surface area contributed by atoms with Crippen molar-refractivity contribution in [3.63, 3.8) is 0 Å². The molecule has 0 bridgehead atoms. The smallest absolute Gasteiger partial charge is 0.284 e. The lowest BCUT2D eigenvalue weighted by Gasteiger charge is -2.11. The number of sulfonamides is 1. The molecule has 1 aliphatic heterocycles. The third kappa shape index (κ3) is 4.01. The van der Waals surface area contributed by atoms with Crippen LogP contribution in [0.3, 0.4) is 0 Å². The van der Waals surface area contributed by atoms with Crippen molar-refractivity contribution in [2.45, 2.75) is 18.7 Å². The molecule has 1 saturated heterocycles. The summed E-state index contributed by atoms with van der Waals surface area (Å²) < 4.78 is 29.4. The second-order valence-electron chi connectivity index (χ2n) is 6.75. The van der Waals surface area contributed by atoms with Gasteiger partial charge >= 0.3 is 0 Å². The average molecular weight is 438 g/mol. The van der Waals surface area contributed by atoms with Gasteiger partial charge in [-0.3, -0.25) is 9.69 Å². The zero-order valence-corrected chi connectivity index (χ0v) is 18.1. The SMILES string of the molecule is CCN1C(=O)/C(=C/c2ccc3ccccc3n2)SC1=NS(=O)(=O)c1ccc(C)cc1. The summed E-state index contributed by atoms with van der Waals surface area (Å²) in [5, 5.41) is 1.15. The lowest BCUT2D eigenvalue weighted by atomic mass is 10.2. The molecule has 0 saturated carbocycles. The molecule has 0 atom stereocenters. The molecular formula is C22H19N3O3S2. The van der Waals surface area contributed by atoms with Gasteiger partial charge in [0.15, 0.2) is 5.17 Å². The summed E-state index contributed by atoms with van der Waals surface area (Å²) >= 11 is 1.04. The van der Waals surface area contributed by atoms with Gasteiger partial charge in [-0.15, -0.1) is 4.40 Å². The maximum Gasteiger partial charge on any atom is 0.284 e. The lowest BCUT2D eigenvalue weighted by molar-refractivity contribution is -0.122. The fourth-order valence-electron chi connectivity index (χ4n) is 3.02. The van der Waals surface area contributed by atoms with Gasteiger partial charge in [0.05, 0.1) is 21.0 Å². The third-order valence-electron chi connectivity index (χ3n) is 4.62. The summed E-state index contributed by atoms with van der Waals surface area (Å²) in [6.45, 7) is 3.98. The van der Waals surface area contributed by atoms with Gasteiger partial charge in [-0.25, -0.2) is 4.98 Å². The normalized spacial score (nSPS) is 17.4. The highest BCUT2D eigenvalue weighted by atomic mass is 32.2.